The van der Waals surface area contributed by atoms with Gasteiger partial charge < -0.3 is 9.80 Å². The van der Waals surface area contributed by atoms with Gasteiger partial charge in [0.25, 0.3) is 6.71 Å². The fraction of sp³-hybridized carbons (Fsp3) is 0.140. The summed E-state index contributed by atoms with van der Waals surface area (Å²) in [6.07, 6.45) is 0. The van der Waals surface area contributed by atoms with E-state index in [9.17, 15) is 0 Å². The minimum atomic E-state index is -0.277. The predicted octanol–water partition coefficient (Wildman–Crippen LogP) is 22.0. The first-order valence-corrected chi connectivity index (χ1v) is 31.7. The average molecular weight is 1150 g/mol. The summed E-state index contributed by atoms with van der Waals surface area (Å²) in [5.41, 5.74) is 28.3. The third-order valence-electron chi connectivity index (χ3n) is 18.8. The molecule has 2 nitrogen and oxygen atoms in total. The van der Waals surface area contributed by atoms with Crippen LogP contribution in [0.5, 0.6) is 0 Å². The van der Waals surface area contributed by atoms with Crippen molar-refractivity contribution in [1.29, 1.82) is 0 Å². The van der Waals surface area contributed by atoms with Gasteiger partial charge in [0, 0.05) is 45.0 Å². The van der Waals surface area contributed by atoms with Crippen molar-refractivity contribution in [3.05, 3.63) is 296 Å². The van der Waals surface area contributed by atoms with Gasteiger partial charge in [-0.2, -0.15) is 0 Å². The van der Waals surface area contributed by atoms with E-state index in [1.165, 1.54) is 144 Å². The van der Waals surface area contributed by atoms with E-state index in [0.29, 0.717) is 0 Å². The highest BCUT2D eigenvalue weighted by Gasteiger charge is 2.46. The number of rotatable bonds is 8. The predicted molar refractivity (Wildman–Crippen MR) is 384 cm³/mol. The summed E-state index contributed by atoms with van der Waals surface area (Å²) in [5.74, 6) is 0. The molecule has 89 heavy (non-hydrogen) atoms. The quantitative estimate of drug-likeness (QED) is 0.111. The Morgan fingerprint density at radius 1 is 0.258 bits per heavy atom. The van der Waals surface area contributed by atoms with Crippen molar-refractivity contribution in [1.82, 2.24) is 0 Å². The molecule has 0 aliphatic carbocycles. The number of anilines is 6. The van der Waals surface area contributed by atoms with Crippen LogP contribution in [-0.4, -0.2) is 6.71 Å². The molecule has 0 saturated heterocycles. The fourth-order valence-corrected chi connectivity index (χ4v) is 14.2. The van der Waals surface area contributed by atoms with E-state index in [1.54, 1.807) is 0 Å². The van der Waals surface area contributed by atoms with Crippen LogP contribution in [0.4, 0.5) is 34.1 Å². The van der Waals surface area contributed by atoms with Gasteiger partial charge in [-0.25, -0.2) is 0 Å². The normalized spacial score (nSPS) is 12.9. The molecule has 0 saturated carbocycles. The number of fused-ring (bicyclic) bond motifs is 6. The van der Waals surface area contributed by atoms with E-state index in [-0.39, 0.29) is 23.0 Å². The lowest BCUT2D eigenvalue weighted by atomic mass is 9.33. The maximum absolute atomic E-state index is 2.73. The Labute approximate surface area is 526 Å². The molecule has 0 bridgehead atoms. The third kappa shape index (κ3) is 9.67. The van der Waals surface area contributed by atoms with Gasteiger partial charge in [-0.15, -0.1) is 0 Å². The molecule has 0 amide bonds. The molecule has 2 aliphatic rings. The molecule has 0 spiro atoms. The summed E-state index contributed by atoms with van der Waals surface area (Å²) in [4.78, 5) is 5.43. The molecule has 0 N–H and O–H groups in total. The SMILES string of the molecule is CC(C)(C)c1cc(-c2ccccc2)c(N2c3ccc(-c4ccccc4)cc3B3c4ccc(-c5c6ccccc6cc6ccccc56)cc4N(c4c(-c5ccccc5)cc(C(C)(C)C)cc4-c4ccccc4)c4cc(C(C)(C)C)cc2c43)c(-c2ccccc2)c1. The number of hydrogen-bond acceptors (Lipinski definition) is 2. The van der Waals surface area contributed by atoms with Crippen LogP contribution in [0.2, 0.25) is 0 Å². The monoisotopic (exact) mass is 1140 g/mol. The van der Waals surface area contributed by atoms with Crippen LogP contribution in [0.1, 0.15) is 79.0 Å². The number of benzene rings is 13. The van der Waals surface area contributed by atoms with E-state index >= 15 is 0 Å². The van der Waals surface area contributed by atoms with Gasteiger partial charge in [-0.3, -0.25) is 0 Å². The van der Waals surface area contributed by atoms with Gasteiger partial charge in [-0.1, -0.05) is 287 Å². The summed E-state index contributed by atoms with van der Waals surface area (Å²) in [5, 5.41) is 4.93. The van der Waals surface area contributed by atoms with Crippen molar-refractivity contribution in [2.24, 2.45) is 0 Å². The van der Waals surface area contributed by atoms with Crippen LogP contribution in [0.15, 0.2) is 279 Å². The molecule has 2 aliphatic heterocycles. The zero-order chi connectivity index (χ0) is 60.9. The van der Waals surface area contributed by atoms with Gasteiger partial charge in [0.05, 0.1) is 11.4 Å². The molecular weight excluding hydrogens is 1070 g/mol. The van der Waals surface area contributed by atoms with Crippen molar-refractivity contribution >= 4 is 78.8 Å². The van der Waals surface area contributed by atoms with Crippen molar-refractivity contribution in [3.63, 3.8) is 0 Å². The van der Waals surface area contributed by atoms with Gasteiger partial charge in [-0.05, 0) is 170 Å². The van der Waals surface area contributed by atoms with E-state index in [2.05, 4.69) is 351 Å². The van der Waals surface area contributed by atoms with Crippen LogP contribution < -0.4 is 26.2 Å². The summed E-state index contributed by atoms with van der Waals surface area (Å²) in [6.45, 7) is 21.1. The molecule has 0 unspecified atom stereocenters. The van der Waals surface area contributed by atoms with Crippen LogP contribution in [0.25, 0.3) is 88.3 Å². The molecule has 0 aromatic heterocycles. The fourth-order valence-electron chi connectivity index (χ4n) is 14.2. The highest BCUT2D eigenvalue weighted by molar-refractivity contribution is 7.00. The molecule has 3 heteroatoms. The molecule has 430 valence electrons. The molecule has 13 aromatic carbocycles. The van der Waals surface area contributed by atoms with Crippen molar-refractivity contribution < 1.29 is 0 Å². The van der Waals surface area contributed by atoms with Crippen molar-refractivity contribution in [2.45, 2.75) is 78.6 Å². The van der Waals surface area contributed by atoms with E-state index in [4.69, 9.17) is 0 Å². The van der Waals surface area contributed by atoms with E-state index < -0.39 is 0 Å². The highest BCUT2D eigenvalue weighted by Crippen LogP contribution is 2.55. The van der Waals surface area contributed by atoms with Gasteiger partial charge in [0.2, 0.25) is 0 Å². The summed E-state index contributed by atoms with van der Waals surface area (Å²) in [7, 11) is 0. The maximum atomic E-state index is 2.73. The van der Waals surface area contributed by atoms with Crippen LogP contribution in [0, 0.1) is 0 Å². The first-order valence-electron chi connectivity index (χ1n) is 31.7. The van der Waals surface area contributed by atoms with Gasteiger partial charge in [0.15, 0.2) is 0 Å². The smallest absolute Gasteiger partial charge is 0.252 e. The largest absolute Gasteiger partial charge is 0.310 e. The first kappa shape index (κ1) is 55.6. The maximum Gasteiger partial charge on any atom is 0.252 e. The Hall–Kier alpha value is -9.96. The minimum Gasteiger partial charge on any atom is -0.310 e. The van der Waals surface area contributed by atoms with E-state index in [1.807, 2.05) is 0 Å². The third-order valence-corrected chi connectivity index (χ3v) is 18.8. The Kier molecular flexibility index (Phi) is 13.4. The molecule has 13 aromatic rings. The topological polar surface area (TPSA) is 6.48 Å². The van der Waals surface area contributed by atoms with Crippen molar-refractivity contribution in [3.8, 4) is 66.8 Å². The number of nitrogens with zero attached hydrogens (tertiary/aromatic N) is 2. The summed E-state index contributed by atoms with van der Waals surface area (Å²) in [6, 6.07) is 106. The minimum absolute atomic E-state index is 0.150. The summed E-state index contributed by atoms with van der Waals surface area (Å²) < 4.78 is 0. The lowest BCUT2D eigenvalue weighted by molar-refractivity contribution is 0.590. The number of hydrogen-bond donors (Lipinski definition) is 0. The highest BCUT2D eigenvalue weighted by atomic mass is 15.2. The Balaban J connectivity index is 1.15. The lowest BCUT2D eigenvalue weighted by Gasteiger charge is -2.47. The standard InChI is InChI=1S/C86H73BN2/c1-84(2,3)65-50-70(57-31-17-11-18-32-57)82(71(51-65)58-33-19-12-20-34-58)88-76-46-44-61(56-29-15-10-16-30-56)48-75(76)87-74-45-43-64(80-68-41-27-25-39-62(68)47-63-40-26-28-42-69(63)80)49-77(74)89(79-55-67(86(7,8)9)54-78(88)81(79)87)83-72(59-35-21-13-22-36-59)52-66(85(4,5)6)53-73(83)60-37-23-14-24-38-60/h10-55H,1-9H3. The average Bonchev–Trinajstić information content (AvgIpc) is 0.717. The van der Waals surface area contributed by atoms with Crippen LogP contribution in [0.3, 0.4) is 0 Å². The second-order valence-electron chi connectivity index (χ2n) is 27.7. The van der Waals surface area contributed by atoms with Crippen LogP contribution in [-0.2, 0) is 16.2 Å². The van der Waals surface area contributed by atoms with Crippen LogP contribution >= 0.6 is 0 Å². The second-order valence-corrected chi connectivity index (χ2v) is 27.7. The van der Waals surface area contributed by atoms with Crippen molar-refractivity contribution in [2.75, 3.05) is 9.80 Å². The molecule has 0 radical (unpaired) electrons. The summed E-state index contributed by atoms with van der Waals surface area (Å²) >= 11 is 0. The molecule has 15 rings (SSSR count). The second kappa shape index (κ2) is 21.4. The zero-order valence-electron chi connectivity index (χ0n) is 52.5. The van der Waals surface area contributed by atoms with Gasteiger partial charge in [0.1, 0.15) is 0 Å². The first-order chi connectivity index (χ1) is 43.1. The molecular formula is C86H73BN2. The molecule has 0 fully saturated rings. The zero-order valence-corrected chi connectivity index (χ0v) is 52.5. The Bertz CT molecular complexity index is 4700. The van der Waals surface area contributed by atoms with Gasteiger partial charge >= 0.3 is 0 Å². The molecule has 2 heterocycles. The Morgan fingerprint density at radius 2 is 0.618 bits per heavy atom. The lowest BCUT2D eigenvalue weighted by Crippen LogP contribution is -2.61. The van der Waals surface area contributed by atoms with E-state index in [0.717, 1.165) is 11.4 Å². The Morgan fingerprint density at radius 3 is 1.03 bits per heavy atom. The molecule has 0 atom stereocenters.